The first-order valence-corrected chi connectivity index (χ1v) is 14.1. The van der Waals surface area contributed by atoms with Crippen LogP contribution in [0, 0.1) is 5.92 Å². The van der Waals surface area contributed by atoms with Crippen LogP contribution < -0.4 is 5.32 Å². The standard InChI is InChI=1S/C28H57NO3/c1-4-6-8-10-11-12-13-14-15-17-19-21-27(20-18-16-9-7-5-2)22-23-32-25-28(24-30)29-26(3)31/h27-28,30H,4-25H2,1-3H3,(H,29,31)/t27-,28?/m1/s1. The van der Waals surface area contributed by atoms with E-state index in [4.69, 9.17) is 4.74 Å². The number of amides is 1. The lowest BCUT2D eigenvalue weighted by atomic mass is 9.91. The molecule has 4 heteroatoms. The van der Waals surface area contributed by atoms with E-state index in [0.717, 1.165) is 18.9 Å². The normalized spacial score (nSPS) is 13.2. The Labute approximate surface area is 200 Å². The van der Waals surface area contributed by atoms with Gasteiger partial charge in [0.1, 0.15) is 0 Å². The SMILES string of the molecule is CCCCCCCCCCCCC[C@@H](CCCCCCC)CCOCC(CO)NC(C)=O. The second-order valence-corrected chi connectivity index (χ2v) is 9.84. The van der Waals surface area contributed by atoms with Gasteiger partial charge in [-0.25, -0.2) is 0 Å². The van der Waals surface area contributed by atoms with E-state index in [-0.39, 0.29) is 18.6 Å². The number of ether oxygens (including phenoxy) is 1. The highest BCUT2D eigenvalue weighted by Crippen LogP contribution is 2.22. The molecule has 0 fully saturated rings. The van der Waals surface area contributed by atoms with Crippen molar-refractivity contribution in [2.75, 3.05) is 19.8 Å². The van der Waals surface area contributed by atoms with Crippen LogP contribution in [0.1, 0.15) is 143 Å². The number of aliphatic hydroxyl groups is 1. The lowest BCUT2D eigenvalue weighted by Crippen LogP contribution is -2.39. The number of nitrogens with one attached hydrogen (secondary N) is 1. The van der Waals surface area contributed by atoms with Crippen molar-refractivity contribution < 1.29 is 14.6 Å². The minimum atomic E-state index is -0.286. The summed E-state index contributed by atoms with van der Waals surface area (Å²) in [5, 5.41) is 12.1. The van der Waals surface area contributed by atoms with Crippen LogP contribution in [0.2, 0.25) is 0 Å². The molecule has 0 rings (SSSR count). The number of aliphatic hydroxyl groups excluding tert-OH is 1. The number of unbranched alkanes of at least 4 members (excludes halogenated alkanes) is 14. The largest absolute Gasteiger partial charge is 0.394 e. The van der Waals surface area contributed by atoms with Crippen LogP contribution in [-0.4, -0.2) is 36.9 Å². The average molecular weight is 456 g/mol. The van der Waals surface area contributed by atoms with Crippen LogP contribution in [0.5, 0.6) is 0 Å². The second-order valence-electron chi connectivity index (χ2n) is 9.84. The maximum Gasteiger partial charge on any atom is 0.217 e. The highest BCUT2D eigenvalue weighted by molar-refractivity contribution is 5.73. The van der Waals surface area contributed by atoms with Gasteiger partial charge < -0.3 is 15.2 Å². The summed E-state index contributed by atoms with van der Waals surface area (Å²) in [5.41, 5.74) is 0. The molecular formula is C28H57NO3. The van der Waals surface area contributed by atoms with Gasteiger partial charge in [-0.2, -0.15) is 0 Å². The third-order valence-corrected chi connectivity index (χ3v) is 6.55. The van der Waals surface area contributed by atoms with Gasteiger partial charge in [-0.1, -0.05) is 129 Å². The summed E-state index contributed by atoms with van der Waals surface area (Å²) in [6, 6.07) is -0.286. The summed E-state index contributed by atoms with van der Waals surface area (Å²) >= 11 is 0. The summed E-state index contributed by atoms with van der Waals surface area (Å²) in [6.07, 6.45) is 25.9. The van der Waals surface area contributed by atoms with Crippen molar-refractivity contribution in [1.29, 1.82) is 0 Å². The topological polar surface area (TPSA) is 58.6 Å². The van der Waals surface area contributed by atoms with Crippen molar-refractivity contribution in [2.24, 2.45) is 5.92 Å². The zero-order valence-electron chi connectivity index (χ0n) is 22.0. The number of hydrogen-bond acceptors (Lipinski definition) is 3. The van der Waals surface area contributed by atoms with Gasteiger partial charge in [-0.15, -0.1) is 0 Å². The Morgan fingerprint density at radius 1 is 0.719 bits per heavy atom. The summed E-state index contributed by atoms with van der Waals surface area (Å²) < 4.78 is 5.80. The Morgan fingerprint density at radius 2 is 1.16 bits per heavy atom. The minimum absolute atomic E-state index is 0.0703. The molecule has 1 unspecified atom stereocenters. The molecular weight excluding hydrogens is 398 g/mol. The molecule has 0 bridgehead atoms. The van der Waals surface area contributed by atoms with Crippen LogP contribution in [0.3, 0.4) is 0 Å². The van der Waals surface area contributed by atoms with Gasteiger partial charge in [-0.05, 0) is 12.3 Å². The molecule has 0 saturated heterocycles. The first kappa shape index (κ1) is 31.4. The van der Waals surface area contributed by atoms with E-state index in [9.17, 15) is 9.90 Å². The summed E-state index contributed by atoms with van der Waals surface area (Å²) in [5.74, 6) is 0.637. The minimum Gasteiger partial charge on any atom is -0.394 e. The van der Waals surface area contributed by atoms with Crippen LogP contribution >= 0.6 is 0 Å². The molecule has 0 aromatic rings. The van der Waals surface area contributed by atoms with Crippen molar-refractivity contribution in [2.45, 2.75) is 149 Å². The van der Waals surface area contributed by atoms with E-state index in [1.165, 1.54) is 122 Å². The molecule has 0 radical (unpaired) electrons. The first-order valence-electron chi connectivity index (χ1n) is 14.1. The highest BCUT2D eigenvalue weighted by Gasteiger charge is 2.11. The molecule has 0 spiro atoms. The van der Waals surface area contributed by atoms with Gasteiger partial charge in [0.05, 0.1) is 19.3 Å². The van der Waals surface area contributed by atoms with E-state index in [1.54, 1.807) is 0 Å². The summed E-state index contributed by atoms with van der Waals surface area (Å²) in [7, 11) is 0. The van der Waals surface area contributed by atoms with Gasteiger partial charge >= 0.3 is 0 Å². The quantitative estimate of drug-likeness (QED) is 0.140. The third-order valence-electron chi connectivity index (χ3n) is 6.55. The Kier molecular flexibility index (Phi) is 24.5. The van der Waals surface area contributed by atoms with Crippen molar-refractivity contribution in [3.05, 3.63) is 0 Å². The lowest BCUT2D eigenvalue weighted by molar-refractivity contribution is -0.120. The number of hydrogen-bond donors (Lipinski definition) is 2. The zero-order valence-corrected chi connectivity index (χ0v) is 22.0. The Hall–Kier alpha value is -0.610. The smallest absolute Gasteiger partial charge is 0.217 e. The molecule has 0 aromatic heterocycles. The molecule has 192 valence electrons. The number of rotatable bonds is 25. The molecule has 4 nitrogen and oxygen atoms in total. The fourth-order valence-electron chi connectivity index (χ4n) is 4.47. The molecule has 0 aliphatic rings. The summed E-state index contributed by atoms with van der Waals surface area (Å²) in [4.78, 5) is 11.2. The van der Waals surface area contributed by atoms with E-state index >= 15 is 0 Å². The zero-order chi connectivity index (χ0) is 23.7. The highest BCUT2D eigenvalue weighted by atomic mass is 16.5. The van der Waals surface area contributed by atoms with Crippen LogP contribution in [0.4, 0.5) is 0 Å². The maximum absolute atomic E-state index is 11.2. The van der Waals surface area contributed by atoms with Gasteiger partial charge in [0.2, 0.25) is 5.91 Å². The number of carbonyl (C=O) groups is 1. The molecule has 0 aliphatic carbocycles. The van der Waals surface area contributed by atoms with Crippen molar-refractivity contribution in [3.8, 4) is 0 Å². The van der Waals surface area contributed by atoms with Crippen LogP contribution in [-0.2, 0) is 9.53 Å². The van der Waals surface area contributed by atoms with Crippen LogP contribution in [0.25, 0.3) is 0 Å². The first-order chi connectivity index (χ1) is 15.6. The third kappa shape index (κ3) is 22.6. The van der Waals surface area contributed by atoms with E-state index in [0.29, 0.717) is 6.61 Å². The Bertz CT molecular complexity index is 389. The predicted octanol–water partition coefficient (Wildman–Crippen LogP) is 7.57. The van der Waals surface area contributed by atoms with E-state index < -0.39 is 0 Å². The van der Waals surface area contributed by atoms with Gasteiger partial charge in [-0.3, -0.25) is 4.79 Å². The Balaban J connectivity index is 3.94. The fraction of sp³-hybridized carbons (Fsp3) is 0.964. The van der Waals surface area contributed by atoms with Gasteiger partial charge in [0.25, 0.3) is 0 Å². The van der Waals surface area contributed by atoms with Crippen molar-refractivity contribution in [3.63, 3.8) is 0 Å². The Morgan fingerprint density at radius 3 is 1.56 bits per heavy atom. The molecule has 0 saturated carbocycles. The molecule has 2 N–H and O–H groups in total. The van der Waals surface area contributed by atoms with Gasteiger partial charge in [0, 0.05) is 13.5 Å². The molecule has 0 heterocycles. The number of carbonyl (C=O) groups excluding carboxylic acids is 1. The van der Waals surface area contributed by atoms with E-state index in [1.807, 2.05) is 0 Å². The molecule has 2 atom stereocenters. The van der Waals surface area contributed by atoms with Crippen LogP contribution in [0.15, 0.2) is 0 Å². The molecule has 32 heavy (non-hydrogen) atoms. The van der Waals surface area contributed by atoms with Crippen molar-refractivity contribution in [1.82, 2.24) is 5.32 Å². The summed E-state index contributed by atoms with van der Waals surface area (Å²) in [6.45, 7) is 7.09. The maximum atomic E-state index is 11.2. The molecule has 0 aromatic carbocycles. The monoisotopic (exact) mass is 455 g/mol. The average Bonchev–Trinajstić information content (AvgIpc) is 2.78. The van der Waals surface area contributed by atoms with E-state index in [2.05, 4.69) is 19.2 Å². The lowest BCUT2D eigenvalue weighted by Gasteiger charge is -2.19. The molecule has 0 aliphatic heterocycles. The van der Waals surface area contributed by atoms with Gasteiger partial charge in [0.15, 0.2) is 0 Å². The predicted molar refractivity (Wildman–Crippen MR) is 138 cm³/mol. The molecule has 1 amide bonds. The second kappa shape index (κ2) is 25.0. The fourth-order valence-corrected chi connectivity index (χ4v) is 4.47. The van der Waals surface area contributed by atoms with Crippen molar-refractivity contribution >= 4 is 5.91 Å².